The van der Waals surface area contributed by atoms with Crippen molar-refractivity contribution in [3.63, 3.8) is 0 Å². The number of hydrogen-bond donors (Lipinski definition) is 1. The zero-order valence-corrected chi connectivity index (χ0v) is 13.0. The topological polar surface area (TPSA) is 29.3 Å². The Hall–Kier alpha value is -0.0900. The van der Waals surface area contributed by atoms with Gasteiger partial charge in [0.25, 0.3) is 0 Å². The van der Waals surface area contributed by atoms with E-state index in [1.54, 1.807) is 0 Å². The van der Waals surface area contributed by atoms with E-state index in [1.165, 1.54) is 18.4 Å². The maximum atomic E-state index is 6.21. The Bertz CT molecular complexity index is 411. The number of nitrogens with zero attached hydrogens (tertiary/aromatic N) is 1. The third-order valence-corrected chi connectivity index (χ3v) is 4.96. The smallest absolute Gasteiger partial charge is 0.0551 e. The van der Waals surface area contributed by atoms with Gasteiger partial charge in [-0.3, -0.25) is 4.90 Å². The number of hydrogen-bond acceptors (Lipinski definition) is 2. The molecular formula is C14H20BrClN2. The molecule has 0 aromatic heterocycles. The zero-order valence-electron chi connectivity index (χ0n) is 10.7. The number of rotatable bonds is 4. The van der Waals surface area contributed by atoms with Crippen LogP contribution in [0.4, 0.5) is 0 Å². The molecule has 0 spiro atoms. The van der Waals surface area contributed by atoms with Gasteiger partial charge in [0.2, 0.25) is 0 Å². The molecule has 100 valence electrons. The molecule has 1 saturated heterocycles. The maximum Gasteiger partial charge on any atom is 0.0551 e. The van der Waals surface area contributed by atoms with Crippen molar-refractivity contribution in [3.8, 4) is 0 Å². The lowest BCUT2D eigenvalue weighted by Crippen LogP contribution is -2.28. The van der Waals surface area contributed by atoms with Crippen LogP contribution in [0.2, 0.25) is 5.02 Å². The number of halogens is 2. The van der Waals surface area contributed by atoms with Crippen LogP contribution in [0, 0.1) is 5.92 Å². The largest absolute Gasteiger partial charge is 0.330 e. The Morgan fingerprint density at radius 2 is 2.28 bits per heavy atom. The molecule has 1 aliphatic heterocycles. The molecule has 0 saturated carbocycles. The molecule has 0 aliphatic carbocycles. The first-order valence-corrected chi connectivity index (χ1v) is 7.73. The SMILES string of the molecule is CCCN1CCC(CN)C1c1ccc(Br)c(Cl)c1. The Morgan fingerprint density at radius 3 is 2.89 bits per heavy atom. The molecule has 2 N–H and O–H groups in total. The lowest BCUT2D eigenvalue weighted by atomic mass is 9.94. The summed E-state index contributed by atoms with van der Waals surface area (Å²) in [5.41, 5.74) is 7.21. The van der Waals surface area contributed by atoms with Crippen molar-refractivity contribution in [2.45, 2.75) is 25.8 Å². The Morgan fingerprint density at radius 1 is 1.50 bits per heavy atom. The fourth-order valence-corrected chi connectivity index (χ4v) is 3.33. The standard InChI is InChI=1S/C14H20BrClN2/c1-2-6-18-7-5-11(9-17)14(18)10-3-4-12(15)13(16)8-10/h3-4,8,11,14H,2,5-7,9,17H2,1H3. The van der Waals surface area contributed by atoms with Crippen LogP contribution in [-0.2, 0) is 0 Å². The minimum absolute atomic E-state index is 0.431. The normalized spacial score (nSPS) is 24.7. The van der Waals surface area contributed by atoms with Crippen LogP contribution in [0.25, 0.3) is 0 Å². The quantitative estimate of drug-likeness (QED) is 0.908. The maximum absolute atomic E-state index is 6.21. The van der Waals surface area contributed by atoms with Gasteiger partial charge in [-0.25, -0.2) is 0 Å². The molecule has 1 aromatic carbocycles. The molecule has 2 rings (SSSR count). The van der Waals surface area contributed by atoms with Crippen LogP contribution in [0.1, 0.15) is 31.4 Å². The number of nitrogens with two attached hydrogens (primary N) is 1. The highest BCUT2D eigenvalue weighted by Crippen LogP contribution is 2.38. The van der Waals surface area contributed by atoms with Gasteiger partial charge in [0.1, 0.15) is 0 Å². The molecule has 1 aromatic rings. The highest BCUT2D eigenvalue weighted by Gasteiger charge is 2.33. The van der Waals surface area contributed by atoms with E-state index in [9.17, 15) is 0 Å². The molecule has 0 amide bonds. The molecule has 0 bridgehead atoms. The summed E-state index contributed by atoms with van der Waals surface area (Å²) in [7, 11) is 0. The summed E-state index contributed by atoms with van der Waals surface area (Å²) < 4.78 is 0.956. The molecule has 2 atom stereocenters. The van der Waals surface area contributed by atoms with Gasteiger partial charge in [0.15, 0.2) is 0 Å². The summed E-state index contributed by atoms with van der Waals surface area (Å²) in [4.78, 5) is 2.54. The second-order valence-electron chi connectivity index (χ2n) is 4.94. The lowest BCUT2D eigenvalue weighted by molar-refractivity contribution is 0.230. The predicted octanol–water partition coefficient (Wildman–Crippen LogP) is 3.83. The van der Waals surface area contributed by atoms with Gasteiger partial charge >= 0.3 is 0 Å². The van der Waals surface area contributed by atoms with Crippen molar-refractivity contribution in [1.82, 2.24) is 4.90 Å². The summed E-state index contributed by atoms with van der Waals surface area (Å²) in [6.07, 6.45) is 2.37. The minimum atomic E-state index is 0.431. The Kier molecular flexibility index (Phi) is 5.07. The van der Waals surface area contributed by atoms with E-state index in [4.69, 9.17) is 17.3 Å². The summed E-state index contributed by atoms with van der Waals surface area (Å²) in [6, 6.07) is 6.71. The van der Waals surface area contributed by atoms with E-state index in [0.29, 0.717) is 12.0 Å². The summed E-state index contributed by atoms with van der Waals surface area (Å²) in [5.74, 6) is 0.550. The first kappa shape index (κ1) is 14.3. The van der Waals surface area contributed by atoms with Gasteiger partial charge < -0.3 is 5.73 Å². The van der Waals surface area contributed by atoms with Crippen LogP contribution in [-0.4, -0.2) is 24.5 Å². The molecule has 2 unspecified atom stereocenters. The predicted molar refractivity (Wildman–Crippen MR) is 80.9 cm³/mol. The zero-order chi connectivity index (χ0) is 13.1. The second-order valence-corrected chi connectivity index (χ2v) is 6.20. The average Bonchev–Trinajstić information content (AvgIpc) is 2.76. The van der Waals surface area contributed by atoms with E-state index in [0.717, 1.165) is 29.1 Å². The van der Waals surface area contributed by atoms with Crippen LogP contribution in [0.15, 0.2) is 22.7 Å². The monoisotopic (exact) mass is 330 g/mol. The molecule has 18 heavy (non-hydrogen) atoms. The molecule has 4 heteroatoms. The summed E-state index contributed by atoms with van der Waals surface area (Å²) >= 11 is 9.66. The van der Waals surface area contributed by atoms with Crippen LogP contribution in [0.5, 0.6) is 0 Å². The van der Waals surface area contributed by atoms with Crippen LogP contribution < -0.4 is 5.73 Å². The highest BCUT2D eigenvalue weighted by atomic mass is 79.9. The Balaban J connectivity index is 2.28. The third-order valence-electron chi connectivity index (χ3n) is 3.73. The highest BCUT2D eigenvalue weighted by molar-refractivity contribution is 9.10. The fourth-order valence-electron chi connectivity index (χ4n) is 2.89. The number of benzene rings is 1. The first-order chi connectivity index (χ1) is 8.67. The van der Waals surface area contributed by atoms with E-state index < -0.39 is 0 Å². The van der Waals surface area contributed by atoms with Gasteiger partial charge in [-0.2, -0.15) is 0 Å². The van der Waals surface area contributed by atoms with E-state index in [1.807, 2.05) is 6.07 Å². The molecule has 0 radical (unpaired) electrons. The van der Waals surface area contributed by atoms with Gasteiger partial charge in [0.05, 0.1) is 5.02 Å². The average molecular weight is 332 g/mol. The lowest BCUT2D eigenvalue weighted by Gasteiger charge is -2.28. The molecule has 2 nitrogen and oxygen atoms in total. The number of likely N-dealkylation sites (tertiary alicyclic amines) is 1. The van der Waals surface area contributed by atoms with Crippen molar-refractivity contribution in [2.24, 2.45) is 11.7 Å². The molecular weight excluding hydrogens is 312 g/mol. The van der Waals surface area contributed by atoms with Gasteiger partial charge in [-0.15, -0.1) is 0 Å². The molecule has 1 aliphatic rings. The Labute approximate surface area is 123 Å². The van der Waals surface area contributed by atoms with Crippen molar-refractivity contribution < 1.29 is 0 Å². The van der Waals surface area contributed by atoms with E-state index in [-0.39, 0.29) is 0 Å². The summed E-state index contributed by atoms with van der Waals surface area (Å²) in [5, 5.41) is 0.784. The van der Waals surface area contributed by atoms with Gasteiger partial charge in [-0.05, 0) is 72.0 Å². The second kappa shape index (κ2) is 6.38. The molecule has 1 heterocycles. The van der Waals surface area contributed by atoms with Crippen molar-refractivity contribution in [2.75, 3.05) is 19.6 Å². The van der Waals surface area contributed by atoms with Crippen molar-refractivity contribution in [1.29, 1.82) is 0 Å². The van der Waals surface area contributed by atoms with Crippen LogP contribution in [0.3, 0.4) is 0 Å². The van der Waals surface area contributed by atoms with Gasteiger partial charge in [0, 0.05) is 10.5 Å². The van der Waals surface area contributed by atoms with Crippen molar-refractivity contribution >= 4 is 27.5 Å². The summed E-state index contributed by atoms with van der Waals surface area (Å²) in [6.45, 7) is 5.25. The minimum Gasteiger partial charge on any atom is -0.330 e. The van der Waals surface area contributed by atoms with Crippen LogP contribution >= 0.6 is 27.5 Å². The van der Waals surface area contributed by atoms with Gasteiger partial charge in [-0.1, -0.05) is 24.6 Å². The van der Waals surface area contributed by atoms with Crippen molar-refractivity contribution in [3.05, 3.63) is 33.3 Å². The molecule has 1 fully saturated rings. The fraction of sp³-hybridized carbons (Fsp3) is 0.571. The third kappa shape index (κ3) is 2.90. The van der Waals surface area contributed by atoms with E-state index in [2.05, 4.69) is 39.9 Å². The first-order valence-electron chi connectivity index (χ1n) is 6.56. The van der Waals surface area contributed by atoms with E-state index >= 15 is 0 Å².